The number of fused-ring (bicyclic) bond motifs is 4. The van der Waals surface area contributed by atoms with E-state index in [1.165, 1.54) is 16.6 Å². The zero-order valence-corrected chi connectivity index (χ0v) is 21.4. The number of benzene rings is 2. The van der Waals surface area contributed by atoms with E-state index >= 15 is 0 Å². The zero-order chi connectivity index (χ0) is 24.6. The van der Waals surface area contributed by atoms with Gasteiger partial charge in [0.15, 0.2) is 16.7 Å². The normalized spacial score (nSPS) is 16.5. The average molecular weight is 520 g/mol. The van der Waals surface area contributed by atoms with E-state index in [9.17, 15) is 9.59 Å². The van der Waals surface area contributed by atoms with Crippen molar-refractivity contribution in [3.05, 3.63) is 69.3 Å². The molecule has 1 aliphatic heterocycles. The van der Waals surface area contributed by atoms with Crippen LogP contribution in [0.5, 0.6) is 11.5 Å². The third kappa shape index (κ3) is 4.37. The number of thioether (sulfide) groups is 1. The predicted octanol–water partition coefficient (Wildman–Crippen LogP) is 5.07. The van der Waals surface area contributed by atoms with Crippen LogP contribution in [0.4, 0.5) is 5.69 Å². The highest BCUT2D eigenvalue weighted by Gasteiger charge is 2.25. The molecule has 0 radical (unpaired) electrons. The molecule has 0 fully saturated rings. The Morgan fingerprint density at radius 1 is 1.17 bits per heavy atom. The molecule has 2 aliphatic rings. The number of hydrogen-bond acceptors (Lipinski definition) is 7. The van der Waals surface area contributed by atoms with Crippen molar-refractivity contribution in [3.8, 4) is 17.2 Å². The van der Waals surface area contributed by atoms with Crippen LogP contribution in [0.25, 0.3) is 15.9 Å². The topological polar surface area (TPSA) is 82.4 Å². The van der Waals surface area contributed by atoms with Crippen molar-refractivity contribution in [2.24, 2.45) is 5.92 Å². The largest absolute Gasteiger partial charge is 0.486 e. The molecule has 1 aliphatic carbocycles. The molecule has 4 aromatic rings. The van der Waals surface area contributed by atoms with Gasteiger partial charge in [-0.25, -0.2) is 4.98 Å². The maximum atomic E-state index is 13.8. The number of aromatic nitrogens is 2. The van der Waals surface area contributed by atoms with Crippen molar-refractivity contribution in [1.82, 2.24) is 9.55 Å². The van der Waals surface area contributed by atoms with Crippen LogP contribution >= 0.6 is 23.1 Å². The smallest absolute Gasteiger partial charge is 0.267 e. The molecular weight excluding hydrogens is 494 g/mol. The van der Waals surface area contributed by atoms with Gasteiger partial charge in [-0.2, -0.15) is 0 Å². The summed E-state index contributed by atoms with van der Waals surface area (Å²) < 4.78 is 12.8. The van der Waals surface area contributed by atoms with E-state index in [1.54, 1.807) is 34.1 Å². The van der Waals surface area contributed by atoms with Crippen LogP contribution in [0.1, 0.15) is 23.8 Å². The Balaban J connectivity index is 1.31. The van der Waals surface area contributed by atoms with Crippen molar-refractivity contribution in [3.63, 3.8) is 0 Å². The molecule has 0 bridgehead atoms. The highest BCUT2D eigenvalue weighted by molar-refractivity contribution is 7.99. The maximum absolute atomic E-state index is 13.8. The van der Waals surface area contributed by atoms with Crippen LogP contribution in [-0.4, -0.2) is 34.4 Å². The molecule has 0 saturated heterocycles. The second-order valence-corrected chi connectivity index (χ2v) is 11.1. The van der Waals surface area contributed by atoms with E-state index in [4.69, 9.17) is 14.5 Å². The van der Waals surface area contributed by atoms with Crippen molar-refractivity contribution >= 4 is 44.9 Å². The van der Waals surface area contributed by atoms with Gasteiger partial charge in [-0.3, -0.25) is 14.2 Å². The lowest BCUT2D eigenvalue weighted by molar-refractivity contribution is -0.113. The van der Waals surface area contributed by atoms with E-state index in [0.717, 1.165) is 40.7 Å². The van der Waals surface area contributed by atoms with Gasteiger partial charge in [0.05, 0.1) is 16.8 Å². The van der Waals surface area contributed by atoms with Crippen molar-refractivity contribution in [1.29, 1.82) is 0 Å². The van der Waals surface area contributed by atoms with Crippen LogP contribution in [-0.2, 0) is 17.6 Å². The van der Waals surface area contributed by atoms with E-state index in [2.05, 4.69) is 12.2 Å². The number of thiophene rings is 1. The average Bonchev–Trinajstić information content (AvgIpc) is 3.25. The Kier molecular flexibility index (Phi) is 6.18. The Bertz CT molecular complexity index is 1510. The lowest BCUT2D eigenvalue weighted by Crippen LogP contribution is -2.23. The van der Waals surface area contributed by atoms with Crippen LogP contribution in [0.3, 0.4) is 0 Å². The van der Waals surface area contributed by atoms with Crippen LogP contribution < -0.4 is 20.3 Å². The van der Waals surface area contributed by atoms with Crippen molar-refractivity contribution in [2.75, 3.05) is 24.3 Å². The second kappa shape index (κ2) is 9.63. The van der Waals surface area contributed by atoms with E-state index in [0.29, 0.717) is 41.5 Å². The number of ether oxygens (including phenoxy) is 2. The summed E-state index contributed by atoms with van der Waals surface area (Å²) in [5.74, 6) is 1.82. The monoisotopic (exact) mass is 519 g/mol. The number of amides is 1. The fourth-order valence-corrected chi connectivity index (χ4v) is 6.96. The molecule has 184 valence electrons. The Morgan fingerprint density at radius 2 is 1.97 bits per heavy atom. The third-order valence-corrected chi connectivity index (χ3v) is 8.56. The van der Waals surface area contributed by atoms with Crippen LogP contribution in [0, 0.1) is 5.92 Å². The summed E-state index contributed by atoms with van der Waals surface area (Å²) in [6.07, 6.45) is 2.98. The van der Waals surface area contributed by atoms with Gasteiger partial charge >= 0.3 is 0 Å². The Morgan fingerprint density at radius 3 is 2.81 bits per heavy atom. The molecule has 7 nitrogen and oxygen atoms in total. The fraction of sp³-hybridized carbons (Fsp3) is 0.296. The zero-order valence-electron chi connectivity index (χ0n) is 19.8. The summed E-state index contributed by atoms with van der Waals surface area (Å²) in [5, 5.41) is 4.16. The molecule has 6 rings (SSSR count). The molecule has 0 spiro atoms. The van der Waals surface area contributed by atoms with Gasteiger partial charge in [0.25, 0.3) is 5.56 Å². The number of nitrogens with zero attached hydrogens (tertiary/aromatic N) is 2. The second-order valence-electron chi connectivity index (χ2n) is 9.10. The number of carbonyl (C=O) groups excluding carboxylic acids is 1. The SMILES string of the molecule is CC1CCc2c(sc3nc(SCC(=O)Nc4ccc5c(c4)OCCO5)n(-c4ccccc4)c(=O)c23)C1. The first-order valence-electron chi connectivity index (χ1n) is 12.0. The number of carbonyl (C=O) groups is 1. The minimum Gasteiger partial charge on any atom is -0.486 e. The fourth-order valence-electron chi connectivity index (χ4n) is 4.72. The Hall–Kier alpha value is -3.30. The lowest BCUT2D eigenvalue weighted by Gasteiger charge is -2.19. The lowest BCUT2D eigenvalue weighted by atomic mass is 9.89. The summed E-state index contributed by atoms with van der Waals surface area (Å²) in [6, 6.07) is 14.9. The number of nitrogens with one attached hydrogen (secondary N) is 1. The number of anilines is 1. The molecule has 2 aromatic heterocycles. The van der Waals surface area contributed by atoms with E-state index < -0.39 is 0 Å². The van der Waals surface area contributed by atoms with Crippen LogP contribution in [0.15, 0.2) is 58.5 Å². The first-order valence-corrected chi connectivity index (χ1v) is 13.8. The molecule has 9 heteroatoms. The Labute approximate surface area is 216 Å². The summed E-state index contributed by atoms with van der Waals surface area (Å²) >= 11 is 2.89. The van der Waals surface area contributed by atoms with Crippen molar-refractivity contribution in [2.45, 2.75) is 31.3 Å². The van der Waals surface area contributed by atoms with Gasteiger partial charge in [-0.05, 0) is 55.0 Å². The van der Waals surface area contributed by atoms with Gasteiger partial charge < -0.3 is 14.8 Å². The molecule has 1 N–H and O–H groups in total. The molecular formula is C27H25N3O4S2. The minimum absolute atomic E-state index is 0.0620. The molecule has 1 atom stereocenters. The van der Waals surface area contributed by atoms with Gasteiger partial charge in [0.2, 0.25) is 5.91 Å². The first-order chi connectivity index (χ1) is 17.6. The highest BCUT2D eigenvalue weighted by Crippen LogP contribution is 2.37. The van der Waals surface area contributed by atoms with Crippen molar-refractivity contribution < 1.29 is 14.3 Å². The third-order valence-electron chi connectivity index (χ3n) is 6.47. The predicted molar refractivity (Wildman–Crippen MR) is 143 cm³/mol. The summed E-state index contributed by atoms with van der Waals surface area (Å²) in [7, 11) is 0. The quantitative estimate of drug-likeness (QED) is 0.293. The summed E-state index contributed by atoms with van der Waals surface area (Å²) in [5.41, 5.74) is 2.47. The minimum atomic E-state index is -0.190. The molecule has 1 unspecified atom stereocenters. The van der Waals surface area contributed by atoms with Crippen LogP contribution in [0.2, 0.25) is 0 Å². The van der Waals surface area contributed by atoms with Gasteiger partial charge in [-0.15, -0.1) is 11.3 Å². The molecule has 3 heterocycles. The van der Waals surface area contributed by atoms with Gasteiger partial charge in [0, 0.05) is 16.6 Å². The van der Waals surface area contributed by atoms with E-state index in [1.807, 2.05) is 30.3 Å². The molecule has 1 amide bonds. The molecule has 2 aromatic carbocycles. The number of aryl methyl sites for hydroxylation is 1. The summed E-state index contributed by atoms with van der Waals surface area (Å²) in [4.78, 5) is 33.6. The highest BCUT2D eigenvalue weighted by atomic mass is 32.2. The number of rotatable bonds is 5. The standard InChI is InChI=1S/C27H25N3O4S2/c1-16-7-9-19-22(13-16)36-25-24(19)26(32)30(18-5-3-2-4-6-18)27(29-25)35-15-23(31)28-17-8-10-20-21(14-17)34-12-11-33-20/h2-6,8,10,14,16H,7,9,11-13,15H2,1H3,(H,28,31). The molecule has 0 saturated carbocycles. The summed E-state index contributed by atoms with van der Waals surface area (Å²) in [6.45, 7) is 3.25. The number of hydrogen-bond donors (Lipinski definition) is 1. The maximum Gasteiger partial charge on any atom is 0.267 e. The van der Waals surface area contributed by atoms with Gasteiger partial charge in [0.1, 0.15) is 18.0 Å². The first kappa shape index (κ1) is 23.1. The molecule has 36 heavy (non-hydrogen) atoms. The number of para-hydroxylation sites is 1. The van der Waals surface area contributed by atoms with Gasteiger partial charge in [-0.1, -0.05) is 36.9 Å². The van der Waals surface area contributed by atoms with E-state index in [-0.39, 0.29) is 17.2 Å².